The molecule has 1 atom stereocenters. The predicted octanol–water partition coefficient (Wildman–Crippen LogP) is 5.78. The first-order chi connectivity index (χ1) is 14.0. The van der Waals surface area contributed by atoms with Gasteiger partial charge in [0.2, 0.25) is 0 Å². The molecule has 1 unspecified atom stereocenters. The van der Waals surface area contributed by atoms with E-state index in [1.165, 1.54) is 5.56 Å². The second kappa shape index (κ2) is 9.70. The second-order valence-electron chi connectivity index (χ2n) is 7.34. The van der Waals surface area contributed by atoms with Crippen LogP contribution in [0.4, 0.5) is 0 Å². The standard InChI is InChI=1S/C24H28N2O2S/c1-5-19(4)26(24(27)22-9-7-6-8-18(22)3)14-20-16-29-23(25-20)15-28-21-12-10-17(2)11-13-21/h6-13,16,19H,5,14-15H2,1-4H3. The van der Waals surface area contributed by atoms with Crippen molar-refractivity contribution in [3.63, 3.8) is 0 Å². The first kappa shape index (κ1) is 21.1. The SMILES string of the molecule is CCC(C)N(Cc1csc(COc2ccc(C)cc2)n1)C(=O)c1ccccc1C. The van der Waals surface area contributed by atoms with Gasteiger partial charge in [-0.1, -0.05) is 42.8 Å². The Morgan fingerprint density at radius 1 is 1.14 bits per heavy atom. The lowest BCUT2D eigenvalue weighted by molar-refractivity contribution is 0.0668. The second-order valence-corrected chi connectivity index (χ2v) is 8.28. The third-order valence-corrected chi connectivity index (χ3v) is 5.95. The Bertz CT molecular complexity index is 950. The van der Waals surface area contributed by atoms with Gasteiger partial charge in [-0.25, -0.2) is 4.98 Å². The lowest BCUT2D eigenvalue weighted by Gasteiger charge is -2.28. The summed E-state index contributed by atoms with van der Waals surface area (Å²) >= 11 is 1.57. The summed E-state index contributed by atoms with van der Waals surface area (Å²) in [6.45, 7) is 9.16. The lowest BCUT2D eigenvalue weighted by atomic mass is 10.1. The molecular weight excluding hydrogens is 380 g/mol. The molecule has 0 bridgehead atoms. The van der Waals surface area contributed by atoms with Gasteiger partial charge in [-0.15, -0.1) is 11.3 Å². The maximum atomic E-state index is 13.2. The molecular formula is C24H28N2O2S. The number of hydrogen-bond acceptors (Lipinski definition) is 4. The van der Waals surface area contributed by atoms with Gasteiger partial charge < -0.3 is 9.64 Å². The van der Waals surface area contributed by atoms with E-state index in [0.717, 1.165) is 34.0 Å². The molecule has 0 fully saturated rings. The van der Waals surface area contributed by atoms with Crippen molar-refractivity contribution in [2.45, 2.75) is 53.3 Å². The molecule has 0 aliphatic rings. The number of amides is 1. The minimum absolute atomic E-state index is 0.0582. The Morgan fingerprint density at radius 2 is 1.86 bits per heavy atom. The lowest BCUT2D eigenvalue weighted by Crippen LogP contribution is -2.38. The number of carbonyl (C=O) groups is 1. The van der Waals surface area contributed by atoms with Crippen molar-refractivity contribution in [2.24, 2.45) is 0 Å². The molecule has 0 N–H and O–H groups in total. The van der Waals surface area contributed by atoms with E-state index in [1.807, 2.05) is 65.7 Å². The summed E-state index contributed by atoms with van der Waals surface area (Å²) in [6.07, 6.45) is 0.894. The highest BCUT2D eigenvalue weighted by atomic mass is 32.1. The molecule has 1 amide bonds. The zero-order chi connectivity index (χ0) is 20.8. The summed E-state index contributed by atoms with van der Waals surface area (Å²) in [6, 6.07) is 15.9. The Hall–Kier alpha value is -2.66. The zero-order valence-electron chi connectivity index (χ0n) is 17.5. The summed E-state index contributed by atoms with van der Waals surface area (Å²) < 4.78 is 5.83. The number of ether oxygens (including phenoxy) is 1. The molecule has 0 aliphatic carbocycles. The molecule has 1 heterocycles. The maximum absolute atomic E-state index is 13.2. The average molecular weight is 409 g/mol. The van der Waals surface area contributed by atoms with Crippen LogP contribution in [0.2, 0.25) is 0 Å². The van der Waals surface area contributed by atoms with Crippen molar-refractivity contribution < 1.29 is 9.53 Å². The number of benzene rings is 2. The normalized spacial score (nSPS) is 11.9. The summed E-state index contributed by atoms with van der Waals surface area (Å²) in [7, 11) is 0. The summed E-state index contributed by atoms with van der Waals surface area (Å²) in [5.41, 5.74) is 3.86. The summed E-state index contributed by atoms with van der Waals surface area (Å²) in [4.78, 5) is 19.8. The molecule has 1 aromatic heterocycles. The third-order valence-electron chi connectivity index (χ3n) is 5.07. The molecule has 0 saturated carbocycles. The minimum atomic E-state index is 0.0582. The molecule has 4 nitrogen and oxygen atoms in total. The highest BCUT2D eigenvalue weighted by Crippen LogP contribution is 2.20. The number of hydrogen-bond donors (Lipinski definition) is 0. The van der Waals surface area contributed by atoms with E-state index in [0.29, 0.717) is 13.2 Å². The van der Waals surface area contributed by atoms with Crippen LogP contribution in [0.5, 0.6) is 5.75 Å². The molecule has 152 valence electrons. The monoisotopic (exact) mass is 408 g/mol. The Balaban J connectivity index is 1.69. The van der Waals surface area contributed by atoms with Crippen molar-refractivity contribution in [2.75, 3.05) is 0 Å². The van der Waals surface area contributed by atoms with Gasteiger partial charge in [0.1, 0.15) is 17.4 Å². The minimum Gasteiger partial charge on any atom is -0.486 e. The number of thiazole rings is 1. The Morgan fingerprint density at radius 3 is 2.55 bits per heavy atom. The predicted molar refractivity (Wildman–Crippen MR) is 118 cm³/mol. The van der Waals surface area contributed by atoms with Gasteiger partial charge in [0.15, 0.2) is 0 Å². The molecule has 0 spiro atoms. The van der Waals surface area contributed by atoms with Crippen LogP contribution in [0.25, 0.3) is 0 Å². The first-order valence-electron chi connectivity index (χ1n) is 9.97. The van der Waals surface area contributed by atoms with Crippen molar-refractivity contribution in [3.05, 3.63) is 81.3 Å². The maximum Gasteiger partial charge on any atom is 0.254 e. The van der Waals surface area contributed by atoms with Gasteiger partial charge in [-0.05, 0) is 51.0 Å². The number of aryl methyl sites for hydroxylation is 2. The highest BCUT2D eigenvalue weighted by Gasteiger charge is 2.23. The first-order valence-corrected chi connectivity index (χ1v) is 10.8. The molecule has 0 saturated heterocycles. The molecule has 3 aromatic rings. The van der Waals surface area contributed by atoms with Crippen LogP contribution in [0.3, 0.4) is 0 Å². The van der Waals surface area contributed by atoms with E-state index >= 15 is 0 Å². The third kappa shape index (κ3) is 5.45. The average Bonchev–Trinajstić information content (AvgIpc) is 3.18. The van der Waals surface area contributed by atoms with Crippen molar-refractivity contribution >= 4 is 17.2 Å². The number of carbonyl (C=O) groups excluding carboxylic acids is 1. The zero-order valence-corrected chi connectivity index (χ0v) is 18.3. The Labute approximate surface area is 177 Å². The van der Waals surface area contributed by atoms with Gasteiger partial charge in [-0.2, -0.15) is 0 Å². The fourth-order valence-corrected chi connectivity index (χ4v) is 3.75. The van der Waals surface area contributed by atoms with E-state index in [-0.39, 0.29) is 11.9 Å². The van der Waals surface area contributed by atoms with Crippen molar-refractivity contribution in [3.8, 4) is 5.75 Å². The fourth-order valence-electron chi connectivity index (χ4n) is 3.06. The summed E-state index contributed by atoms with van der Waals surface area (Å²) in [5, 5.41) is 2.93. The topological polar surface area (TPSA) is 42.4 Å². The van der Waals surface area contributed by atoms with Crippen LogP contribution in [-0.2, 0) is 13.2 Å². The molecule has 3 rings (SSSR count). The van der Waals surface area contributed by atoms with Crippen LogP contribution < -0.4 is 4.74 Å². The largest absolute Gasteiger partial charge is 0.486 e. The molecule has 0 aliphatic heterocycles. The molecule has 2 aromatic carbocycles. The van der Waals surface area contributed by atoms with Gasteiger partial charge >= 0.3 is 0 Å². The number of nitrogens with zero attached hydrogens (tertiary/aromatic N) is 2. The van der Waals surface area contributed by atoms with Crippen LogP contribution >= 0.6 is 11.3 Å². The summed E-state index contributed by atoms with van der Waals surface area (Å²) in [5.74, 6) is 0.895. The van der Waals surface area contributed by atoms with Crippen LogP contribution in [0.15, 0.2) is 53.9 Å². The van der Waals surface area contributed by atoms with Crippen LogP contribution in [0.1, 0.15) is 52.5 Å². The van der Waals surface area contributed by atoms with Crippen molar-refractivity contribution in [1.82, 2.24) is 9.88 Å². The number of aromatic nitrogens is 1. The van der Waals surface area contributed by atoms with E-state index in [9.17, 15) is 4.79 Å². The molecule has 0 radical (unpaired) electrons. The van der Waals surface area contributed by atoms with Crippen LogP contribution in [-0.4, -0.2) is 21.8 Å². The molecule has 5 heteroatoms. The number of rotatable bonds is 8. The smallest absolute Gasteiger partial charge is 0.254 e. The van der Waals surface area contributed by atoms with E-state index in [2.05, 4.69) is 20.8 Å². The van der Waals surface area contributed by atoms with E-state index < -0.39 is 0 Å². The highest BCUT2D eigenvalue weighted by molar-refractivity contribution is 7.09. The quantitative estimate of drug-likeness (QED) is 0.474. The van der Waals surface area contributed by atoms with E-state index in [4.69, 9.17) is 9.72 Å². The van der Waals surface area contributed by atoms with E-state index in [1.54, 1.807) is 11.3 Å². The van der Waals surface area contributed by atoms with Gasteiger partial charge in [0, 0.05) is 17.0 Å². The van der Waals surface area contributed by atoms with Gasteiger partial charge in [0.05, 0.1) is 12.2 Å². The molecule has 29 heavy (non-hydrogen) atoms. The Kier molecular flexibility index (Phi) is 7.04. The van der Waals surface area contributed by atoms with Gasteiger partial charge in [0.25, 0.3) is 5.91 Å². The fraction of sp³-hybridized carbons (Fsp3) is 0.333. The van der Waals surface area contributed by atoms with Crippen LogP contribution in [0, 0.1) is 13.8 Å². The van der Waals surface area contributed by atoms with Gasteiger partial charge in [-0.3, -0.25) is 4.79 Å². The van der Waals surface area contributed by atoms with Crippen molar-refractivity contribution in [1.29, 1.82) is 0 Å².